The average molecular weight is 493 g/mol. The van der Waals surface area contributed by atoms with E-state index in [2.05, 4.69) is 9.97 Å². The van der Waals surface area contributed by atoms with Gasteiger partial charge >= 0.3 is 11.9 Å². The van der Waals surface area contributed by atoms with E-state index in [1.165, 1.54) is 21.9 Å². The van der Waals surface area contributed by atoms with Gasteiger partial charge in [-0.3, -0.25) is 24.0 Å². The number of carbonyl (C=O) groups is 1. The Balaban J connectivity index is 1.81. The van der Waals surface area contributed by atoms with Crippen LogP contribution in [0.15, 0.2) is 52.3 Å². The third kappa shape index (κ3) is 6.38. The number of H-pyrrole nitrogens is 1. The van der Waals surface area contributed by atoms with E-state index in [9.17, 15) is 27.6 Å². The van der Waals surface area contributed by atoms with E-state index in [0.29, 0.717) is 0 Å². The van der Waals surface area contributed by atoms with E-state index in [0.717, 1.165) is 15.0 Å². The van der Waals surface area contributed by atoms with Crippen LogP contribution in [0.3, 0.4) is 0 Å². The Bertz CT molecular complexity index is 1280. The molecule has 35 heavy (non-hydrogen) atoms. The lowest BCUT2D eigenvalue weighted by Crippen LogP contribution is -2.44. The first-order valence-electron chi connectivity index (χ1n) is 10.7. The summed E-state index contributed by atoms with van der Waals surface area (Å²) < 4.78 is 40.4. The first-order chi connectivity index (χ1) is 16.5. The number of halogens is 3. The lowest BCUT2D eigenvalue weighted by Gasteiger charge is -2.25. The van der Waals surface area contributed by atoms with Crippen molar-refractivity contribution in [2.75, 3.05) is 30.8 Å². The van der Waals surface area contributed by atoms with Crippen molar-refractivity contribution in [2.45, 2.75) is 32.7 Å². The van der Waals surface area contributed by atoms with Crippen LogP contribution >= 0.6 is 0 Å². The molecule has 0 radical (unpaired) electrons. The quantitative estimate of drug-likeness (QED) is 0.465. The summed E-state index contributed by atoms with van der Waals surface area (Å²) in [4.78, 5) is 46.9. The number of likely N-dealkylation sites (N-methyl/N-ethyl adjacent to an activating group) is 2. The molecule has 10 nitrogen and oxygen atoms in total. The molecule has 1 aromatic carbocycles. The van der Waals surface area contributed by atoms with E-state index >= 15 is 0 Å². The second kappa shape index (κ2) is 10.6. The Hall–Kier alpha value is -3.87. The van der Waals surface area contributed by atoms with Crippen LogP contribution in [0.5, 0.6) is 0 Å². The number of aromatic nitrogens is 4. The van der Waals surface area contributed by atoms with Crippen LogP contribution in [-0.2, 0) is 24.4 Å². The first-order valence-corrected chi connectivity index (χ1v) is 10.7. The van der Waals surface area contributed by atoms with Crippen molar-refractivity contribution in [3.05, 3.63) is 75.0 Å². The van der Waals surface area contributed by atoms with Crippen molar-refractivity contribution in [3.8, 4) is 0 Å². The highest BCUT2D eigenvalue weighted by atomic mass is 19.4. The molecule has 0 aliphatic heterocycles. The molecule has 0 spiro atoms. The molecular formula is C22H26F3N7O3. The number of nitrogens with two attached hydrogens (primary N) is 1. The molecule has 0 aliphatic rings. The highest BCUT2D eigenvalue weighted by molar-refractivity contribution is 5.96. The van der Waals surface area contributed by atoms with Crippen molar-refractivity contribution in [1.29, 1.82) is 0 Å². The topological polar surface area (TPSA) is 122 Å². The predicted molar refractivity (Wildman–Crippen MR) is 124 cm³/mol. The average Bonchev–Trinajstić information content (AvgIpc) is 3.19. The minimum atomic E-state index is -4.41. The Labute approximate surface area is 198 Å². The van der Waals surface area contributed by atoms with Crippen LogP contribution in [0.25, 0.3) is 0 Å². The van der Waals surface area contributed by atoms with Crippen LogP contribution in [0.4, 0.5) is 24.7 Å². The summed E-state index contributed by atoms with van der Waals surface area (Å²) in [7, 11) is 1.54. The van der Waals surface area contributed by atoms with Gasteiger partial charge in [-0.2, -0.15) is 13.2 Å². The van der Waals surface area contributed by atoms with Crippen LogP contribution in [-0.4, -0.2) is 56.2 Å². The zero-order chi connectivity index (χ0) is 25.8. The van der Waals surface area contributed by atoms with Gasteiger partial charge in [-0.25, -0.2) is 9.78 Å². The summed E-state index contributed by atoms with van der Waals surface area (Å²) in [5.74, 6) is -0.554. The number of alkyl halides is 3. The summed E-state index contributed by atoms with van der Waals surface area (Å²) in [5, 5.41) is 0. The molecule has 0 saturated heterocycles. The highest BCUT2D eigenvalue weighted by Crippen LogP contribution is 2.20. The Morgan fingerprint density at radius 2 is 1.89 bits per heavy atom. The molecule has 0 unspecified atom stereocenters. The van der Waals surface area contributed by atoms with Gasteiger partial charge in [0.2, 0.25) is 5.91 Å². The van der Waals surface area contributed by atoms with E-state index < -0.39 is 29.9 Å². The number of hydrogen-bond acceptors (Lipinski definition) is 6. The molecule has 3 N–H and O–H groups in total. The van der Waals surface area contributed by atoms with Gasteiger partial charge in [0, 0.05) is 18.9 Å². The maximum atomic E-state index is 13.1. The predicted octanol–water partition coefficient (Wildman–Crippen LogP) is 1.41. The highest BCUT2D eigenvalue weighted by Gasteiger charge is 2.29. The fraction of sp³-hybridized carbons (Fsp3) is 0.364. The molecule has 2 aromatic heterocycles. The third-order valence-electron chi connectivity index (χ3n) is 5.25. The van der Waals surface area contributed by atoms with Gasteiger partial charge < -0.3 is 15.2 Å². The maximum absolute atomic E-state index is 13.1. The van der Waals surface area contributed by atoms with Crippen LogP contribution < -0.4 is 21.9 Å². The number of aromatic amines is 1. The zero-order valence-corrected chi connectivity index (χ0v) is 19.2. The van der Waals surface area contributed by atoms with Gasteiger partial charge in [-0.1, -0.05) is 30.3 Å². The Morgan fingerprint density at radius 3 is 2.51 bits per heavy atom. The monoisotopic (exact) mass is 493 g/mol. The van der Waals surface area contributed by atoms with E-state index in [1.807, 2.05) is 6.07 Å². The molecule has 13 heteroatoms. The lowest BCUT2D eigenvalue weighted by atomic mass is 10.2. The number of anilines is 2. The number of hydrogen-bond donors (Lipinski definition) is 2. The van der Waals surface area contributed by atoms with Crippen LogP contribution in [0.2, 0.25) is 0 Å². The van der Waals surface area contributed by atoms with Gasteiger partial charge in [0.25, 0.3) is 5.56 Å². The van der Waals surface area contributed by atoms with E-state index in [4.69, 9.17) is 5.73 Å². The fourth-order valence-corrected chi connectivity index (χ4v) is 3.66. The maximum Gasteiger partial charge on any atom is 0.406 e. The fourth-order valence-electron chi connectivity index (χ4n) is 3.66. The normalized spacial score (nSPS) is 11.7. The number of rotatable bonds is 9. The van der Waals surface area contributed by atoms with Gasteiger partial charge in [0.15, 0.2) is 5.69 Å². The smallest absolute Gasteiger partial charge is 0.383 e. The summed E-state index contributed by atoms with van der Waals surface area (Å²) >= 11 is 0. The molecule has 3 aromatic rings. The summed E-state index contributed by atoms with van der Waals surface area (Å²) in [6.07, 6.45) is -1.94. The zero-order valence-electron chi connectivity index (χ0n) is 19.2. The molecule has 0 fully saturated rings. The van der Waals surface area contributed by atoms with Crippen molar-refractivity contribution in [1.82, 2.24) is 24.0 Å². The number of nitrogens with one attached hydrogen (secondary N) is 1. The van der Waals surface area contributed by atoms with Gasteiger partial charge in [-0.15, -0.1) is 0 Å². The molecular weight excluding hydrogens is 467 g/mol. The number of benzene rings is 1. The summed E-state index contributed by atoms with van der Waals surface area (Å²) in [6, 6.07) is 8.98. The molecule has 1 amide bonds. The second-order valence-electron chi connectivity index (χ2n) is 7.96. The summed E-state index contributed by atoms with van der Waals surface area (Å²) in [6.45, 7) is 0.337. The summed E-state index contributed by atoms with van der Waals surface area (Å²) in [5.41, 5.74) is 5.26. The molecule has 3 rings (SSSR count). The van der Waals surface area contributed by atoms with Crippen LogP contribution in [0, 0.1) is 0 Å². The number of imidazole rings is 1. The largest absolute Gasteiger partial charge is 0.406 e. The van der Waals surface area contributed by atoms with Gasteiger partial charge in [-0.05, 0) is 19.5 Å². The van der Waals surface area contributed by atoms with Gasteiger partial charge in [0.1, 0.15) is 18.2 Å². The van der Waals surface area contributed by atoms with Crippen molar-refractivity contribution in [2.24, 2.45) is 0 Å². The standard InChI is InChI=1S/C22H26F3N7O3/c1-3-31(17(33)13-29(2)12-16-27-9-10-30(16)14-22(23,24)25)18-19(26)32(21(35)28-20(18)34)11-15-7-5-4-6-8-15/h4-10H,3,11-14,26H2,1-2H3,(H,28,34,35). The Kier molecular flexibility index (Phi) is 7.79. The van der Waals surface area contributed by atoms with Crippen molar-refractivity contribution >= 4 is 17.4 Å². The Morgan fingerprint density at radius 1 is 1.20 bits per heavy atom. The lowest BCUT2D eigenvalue weighted by molar-refractivity contribution is -0.141. The number of amides is 1. The number of nitrogen functional groups attached to an aromatic ring is 1. The minimum Gasteiger partial charge on any atom is -0.383 e. The first kappa shape index (κ1) is 25.7. The van der Waals surface area contributed by atoms with Crippen LogP contribution in [0.1, 0.15) is 18.3 Å². The van der Waals surface area contributed by atoms with E-state index in [1.54, 1.807) is 38.2 Å². The van der Waals surface area contributed by atoms with E-state index in [-0.39, 0.29) is 43.5 Å². The van der Waals surface area contributed by atoms with Crippen molar-refractivity contribution < 1.29 is 18.0 Å². The molecule has 0 saturated carbocycles. The molecule has 2 heterocycles. The molecule has 0 aliphatic carbocycles. The SMILES string of the molecule is CCN(C(=O)CN(C)Cc1nccn1CC(F)(F)F)c1c(N)n(Cc2ccccc2)c(=O)[nH]c1=O. The van der Waals surface area contributed by atoms with Crippen molar-refractivity contribution in [3.63, 3.8) is 0 Å². The molecule has 0 bridgehead atoms. The molecule has 188 valence electrons. The number of carbonyl (C=O) groups excluding carboxylic acids is 1. The third-order valence-corrected chi connectivity index (χ3v) is 5.25. The number of nitrogens with zero attached hydrogens (tertiary/aromatic N) is 5. The molecule has 0 atom stereocenters. The minimum absolute atomic E-state index is 0.0360. The van der Waals surface area contributed by atoms with Gasteiger partial charge in [0.05, 0.1) is 19.6 Å². The second-order valence-corrected chi connectivity index (χ2v) is 7.96.